The van der Waals surface area contributed by atoms with Crippen molar-refractivity contribution in [2.24, 2.45) is 0 Å². The fourth-order valence-corrected chi connectivity index (χ4v) is 1.47. The molecule has 0 atom stereocenters. The van der Waals surface area contributed by atoms with Crippen LogP contribution in [-0.2, 0) is 19.2 Å². The van der Waals surface area contributed by atoms with Crippen molar-refractivity contribution in [2.45, 2.75) is 0 Å². The summed E-state index contributed by atoms with van der Waals surface area (Å²) in [6.07, 6.45) is 0. The molecule has 0 saturated carbocycles. The quantitative estimate of drug-likeness (QED) is 0.300. The van der Waals surface area contributed by atoms with Crippen LogP contribution in [0.15, 0.2) is 0 Å². The van der Waals surface area contributed by atoms with Crippen LogP contribution in [0.3, 0.4) is 0 Å². The van der Waals surface area contributed by atoms with E-state index in [4.69, 9.17) is 15.3 Å². The van der Waals surface area contributed by atoms with Gasteiger partial charge in [0.25, 0.3) is 0 Å². The van der Waals surface area contributed by atoms with Crippen LogP contribution in [0.25, 0.3) is 0 Å². The molecule has 22 heavy (non-hydrogen) atoms. The maximum absolute atomic E-state index is 10.5. The average Bonchev–Trinajstić information content (AvgIpc) is 2.22. The molecular formula is C10H15CaClN2O8. The van der Waals surface area contributed by atoms with Gasteiger partial charge in [0, 0.05) is 19.6 Å². The van der Waals surface area contributed by atoms with E-state index < -0.39 is 50.1 Å². The summed E-state index contributed by atoms with van der Waals surface area (Å²) < 4.78 is 0. The summed E-state index contributed by atoms with van der Waals surface area (Å²) >= 11 is 0. The fraction of sp³-hybridized carbons (Fsp3) is 0.600. The Morgan fingerprint density at radius 3 is 1.23 bits per heavy atom. The number of aliphatic carboxylic acids is 4. The Hall–Kier alpha value is -0.650. The van der Waals surface area contributed by atoms with Gasteiger partial charge in [-0.3, -0.25) is 24.2 Å². The molecule has 0 aromatic carbocycles. The van der Waals surface area contributed by atoms with Crippen LogP contribution < -0.4 is 17.5 Å². The third-order valence-corrected chi connectivity index (χ3v) is 2.16. The summed E-state index contributed by atoms with van der Waals surface area (Å²) in [5, 5.41) is 36.3. The van der Waals surface area contributed by atoms with E-state index in [0.717, 1.165) is 9.80 Å². The zero-order chi connectivity index (χ0) is 15.7. The van der Waals surface area contributed by atoms with Gasteiger partial charge < -0.3 is 37.6 Å². The fourth-order valence-electron chi connectivity index (χ4n) is 1.47. The van der Waals surface area contributed by atoms with Crippen LogP contribution in [-0.4, -0.2) is 126 Å². The zero-order valence-electron chi connectivity index (χ0n) is 11.6. The molecule has 0 aliphatic rings. The van der Waals surface area contributed by atoms with E-state index in [2.05, 4.69) is 0 Å². The van der Waals surface area contributed by atoms with Gasteiger partial charge in [-0.05, 0) is 0 Å². The van der Waals surface area contributed by atoms with Gasteiger partial charge in [0.2, 0.25) is 0 Å². The Bertz CT molecular complexity index is 327. The molecule has 0 spiro atoms. The van der Waals surface area contributed by atoms with Crippen LogP contribution in [0.2, 0.25) is 0 Å². The SMILES string of the molecule is O=C([O-])CN(CCN(CC(=O)O)CC(=O)O)CC(=O)O.[Ca+2].[Cl-]. The molecule has 10 nitrogen and oxygen atoms in total. The van der Waals surface area contributed by atoms with Crippen LogP contribution in [0.5, 0.6) is 0 Å². The number of carbonyl (C=O) groups excluding carboxylic acids is 1. The van der Waals surface area contributed by atoms with Crippen LogP contribution in [0.1, 0.15) is 0 Å². The van der Waals surface area contributed by atoms with Crippen molar-refractivity contribution < 1.29 is 52.0 Å². The molecule has 12 heteroatoms. The van der Waals surface area contributed by atoms with E-state index in [-0.39, 0.29) is 63.2 Å². The number of nitrogens with zero attached hydrogens (tertiary/aromatic N) is 2. The Balaban J connectivity index is -0.00000180. The Kier molecular flexibility index (Phi) is 16.7. The molecule has 0 bridgehead atoms. The summed E-state index contributed by atoms with van der Waals surface area (Å²) in [5.74, 6) is -5.21. The molecule has 0 rings (SSSR count). The second-order valence-corrected chi connectivity index (χ2v) is 3.97. The average molecular weight is 367 g/mol. The minimum absolute atomic E-state index is 0. The van der Waals surface area contributed by atoms with Crippen molar-refractivity contribution in [3.05, 3.63) is 0 Å². The van der Waals surface area contributed by atoms with Gasteiger partial charge in [0.15, 0.2) is 0 Å². The minimum atomic E-state index is -1.48. The van der Waals surface area contributed by atoms with E-state index in [1.165, 1.54) is 0 Å². The van der Waals surface area contributed by atoms with Crippen molar-refractivity contribution in [2.75, 3.05) is 39.3 Å². The molecule has 0 aromatic rings. The molecule has 3 N–H and O–H groups in total. The third kappa shape index (κ3) is 15.7. The summed E-state index contributed by atoms with van der Waals surface area (Å²) in [5.41, 5.74) is 0. The van der Waals surface area contributed by atoms with Gasteiger partial charge in [-0.2, -0.15) is 0 Å². The molecule has 0 aromatic heterocycles. The van der Waals surface area contributed by atoms with Crippen LogP contribution in [0, 0.1) is 0 Å². The van der Waals surface area contributed by atoms with E-state index in [0.29, 0.717) is 0 Å². The van der Waals surface area contributed by atoms with Crippen LogP contribution >= 0.6 is 0 Å². The summed E-state index contributed by atoms with van der Waals surface area (Å²) in [7, 11) is 0. The van der Waals surface area contributed by atoms with Crippen molar-refractivity contribution in [3.63, 3.8) is 0 Å². The van der Waals surface area contributed by atoms with Gasteiger partial charge in [-0.15, -0.1) is 0 Å². The first-order valence-corrected chi connectivity index (χ1v) is 5.50. The molecule has 0 radical (unpaired) electrons. The molecule has 122 valence electrons. The van der Waals surface area contributed by atoms with E-state index in [1.54, 1.807) is 0 Å². The largest absolute Gasteiger partial charge is 2.00 e. The number of hydrogen-bond acceptors (Lipinski definition) is 7. The standard InChI is InChI=1S/C10H16N2O8.Ca.ClH/c13-7(14)3-11(4-8(15)16)1-2-12(5-9(17)18)6-10(19)20;;/h1-6H2,(H,13,14)(H,15,16)(H,17,18)(H,19,20);;1H/q;+2;/p-2. The smallest absolute Gasteiger partial charge is 1.00 e. The summed E-state index contributed by atoms with van der Waals surface area (Å²) in [4.78, 5) is 44.1. The number of rotatable bonds is 11. The summed E-state index contributed by atoms with van der Waals surface area (Å²) in [6, 6.07) is 0. The molecule has 0 saturated heterocycles. The van der Waals surface area contributed by atoms with Crippen molar-refractivity contribution >= 4 is 61.6 Å². The van der Waals surface area contributed by atoms with Gasteiger partial charge in [0.05, 0.1) is 25.6 Å². The molecule has 0 aliphatic heterocycles. The number of halogens is 1. The molecular weight excluding hydrogens is 352 g/mol. The second-order valence-electron chi connectivity index (χ2n) is 3.97. The van der Waals surface area contributed by atoms with Gasteiger partial charge in [0.1, 0.15) is 0 Å². The number of carboxylic acid groups (broad SMARTS) is 4. The minimum Gasteiger partial charge on any atom is -1.00 e. The van der Waals surface area contributed by atoms with E-state index >= 15 is 0 Å². The monoisotopic (exact) mass is 366 g/mol. The van der Waals surface area contributed by atoms with Crippen molar-refractivity contribution in [1.82, 2.24) is 9.80 Å². The number of carbonyl (C=O) groups is 4. The first-order valence-electron chi connectivity index (χ1n) is 5.50. The first kappa shape index (κ1) is 26.3. The number of hydrogen-bond donors (Lipinski definition) is 3. The maximum atomic E-state index is 10.5. The van der Waals surface area contributed by atoms with Gasteiger partial charge >= 0.3 is 55.6 Å². The van der Waals surface area contributed by atoms with Crippen molar-refractivity contribution in [1.29, 1.82) is 0 Å². The van der Waals surface area contributed by atoms with Gasteiger partial charge in [-0.25, -0.2) is 0 Å². The Morgan fingerprint density at radius 1 is 0.727 bits per heavy atom. The van der Waals surface area contributed by atoms with Crippen molar-refractivity contribution in [3.8, 4) is 0 Å². The molecule has 0 fully saturated rings. The normalized spacial score (nSPS) is 9.73. The van der Waals surface area contributed by atoms with E-state index in [1.807, 2.05) is 0 Å². The second kappa shape index (κ2) is 14.0. The summed E-state index contributed by atoms with van der Waals surface area (Å²) in [6.45, 7) is -2.50. The zero-order valence-corrected chi connectivity index (χ0v) is 14.6. The Labute approximate surface area is 162 Å². The van der Waals surface area contributed by atoms with E-state index in [9.17, 15) is 24.3 Å². The Morgan fingerprint density at radius 2 is 1.00 bits per heavy atom. The molecule has 0 unspecified atom stereocenters. The maximum Gasteiger partial charge on any atom is 2.00 e. The predicted molar refractivity (Wildman–Crippen MR) is 66.5 cm³/mol. The molecule has 0 amide bonds. The topological polar surface area (TPSA) is 159 Å². The molecule has 0 heterocycles. The van der Waals surface area contributed by atoms with Gasteiger partial charge in [-0.1, -0.05) is 0 Å². The van der Waals surface area contributed by atoms with Crippen LogP contribution in [0.4, 0.5) is 0 Å². The first-order chi connectivity index (χ1) is 9.20. The molecule has 0 aliphatic carbocycles. The predicted octanol–water partition coefficient (Wildman–Crippen LogP) is -6.78. The third-order valence-electron chi connectivity index (χ3n) is 2.16. The number of carboxylic acids is 4.